The molecule has 1 N–H and O–H groups in total. The molecule has 1 aliphatic rings. The lowest BCUT2D eigenvalue weighted by Gasteiger charge is -2.27. The zero-order valence-corrected chi connectivity index (χ0v) is 15.8. The Kier molecular flexibility index (Phi) is 6.68. The SMILES string of the molecule is CS(=O)(=O)OCCNc1nc(N2CCOCC2)nc(C(Cl)(Cl)Cl)n1. The summed E-state index contributed by atoms with van der Waals surface area (Å²) in [6.07, 6.45) is 0.966. The maximum absolute atomic E-state index is 10.9. The van der Waals surface area contributed by atoms with Crippen LogP contribution in [-0.4, -0.2) is 69.1 Å². The van der Waals surface area contributed by atoms with E-state index in [0.29, 0.717) is 32.3 Å². The van der Waals surface area contributed by atoms with Gasteiger partial charge in [-0.3, -0.25) is 4.18 Å². The van der Waals surface area contributed by atoms with Gasteiger partial charge in [-0.2, -0.15) is 23.4 Å². The van der Waals surface area contributed by atoms with Gasteiger partial charge < -0.3 is 15.0 Å². The second kappa shape index (κ2) is 8.15. The molecule has 0 aromatic carbocycles. The number of nitrogens with one attached hydrogen (secondary N) is 1. The average molecular weight is 421 g/mol. The van der Waals surface area contributed by atoms with Crippen molar-refractivity contribution in [3.63, 3.8) is 0 Å². The van der Waals surface area contributed by atoms with E-state index in [-0.39, 0.29) is 24.9 Å². The van der Waals surface area contributed by atoms with E-state index >= 15 is 0 Å². The number of anilines is 2. The van der Waals surface area contributed by atoms with Crippen molar-refractivity contribution in [3.8, 4) is 0 Å². The van der Waals surface area contributed by atoms with E-state index < -0.39 is 13.9 Å². The molecular formula is C11H16Cl3N5O4S. The lowest BCUT2D eigenvalue weighted by Crippen LogP contribution is -2.38. The Labute approximate surface area is 154 Å². The van der Waals surface area contributed by atoms with Gasteiger partial charge in [0.25, 0.3) is 10.1 Å². The molecule has 0 amide bonds. The van der Waals surface area contributed by atoms with Crippen molar-refractivity contribution >= 4 is 56.8 Å². The van der Waals surface area contributed by atoms with Crippen LogP contribution in [0, 0.1) is 0 Å². The van der Waals surface area contributed by atoms with Crippen LogP contribution in [0.15, 0.2) is 0 Å². The lowest BCUT2D eigenvalue weighted by atomic mass is 10.4. The second-order valence-electron chi connectivity index (χ2n) is 4.83. The van der Waals surface area contributed by atoms with Gasteiger partial charge in [0, 0.05) is 19.6 Å². The molecule has 0 bridgehead atoms. The summed E-state index contributed by atoms with van der Waals surface area (Å²) < 4.78 is 29.9. The summed E-state index contributed by atoms with van der Waals surface area (Å²) in [6.45, 7) is 2.35. The van der Waals surface area contributed by atoms with Crippen LogP contribution in [0.2, 0.25) is 0 Å². The monoisotopic (exact) mass is 419 g/mol. The van der Waals surface area contributed by atoms with Gasteiger partial charge in [0.1, 0.15) is 0 Å². The van der Waals surface area contributed by atoms with Crippen LogP contribution >= 0.6 is 34.8 Å². The highest BCUT2D eigenvalue weighted by Gasteiger charge is 2.29. The summed E-state index contributed by atoms with van der Waals surface area (Å²) in [5.74, 6) is 0.474. The van der Waals surface area contributed by atoms with E-state index in [1.807, 2.05) is 4.90 Å². The van der Waals surface area contributed by atoms with Crippen molar-refractivity contribution in [2.75, 3.05) is 55.9 Å². The Balaban J connectivity index is 2.13. The molecule has 2 heterocycles. The van der Waals surface area contributed by atoms with Gasteiger partial charge in [-0.05, 0) is 0 Å². The molecule has 0 radical (unpaired) electrons. The normalized spacial score (nSPS) is 16.2. The highest BCUT2D eigenvalue weighted by Crippen LogP contribution is 2.36. The fraction of sp³-hybridized carbons (Fsp3) is 0.727. The molecule has 0 aliphatic carbocycles. The number of hydrogen-bond donors (Lipinski definition) is 1. The van der Waals surface area contributed by atoms with Crippen LogP contribution in [0.25, 0.3) is 0 Å². The molecule has 1 aromatic heterocycles. The van der Waals surface area contributed by atoms with Gasteiger partial charge in [-0.15, -0.1) is 0 Å². The summed E-state index contributed by atoms with van der Waals surface area (Å²) in [5.41, 5.74) is 0. The van der Waals surface area contributed by atoms with Crippen LogP contribution in [0.3, 0.4) is 0 Å². The van der Waals surface area contributed by atoms with Gasteiger partial charge >= 0.3 is 0 Å². The summed E-state index contributed by atoms with van der Waals surface area (Å²) in [5, 5.41) is 2.82. The third-order valence-electron chi connectivity index (χ3n) is 2.85. The summed E-state index contributed by atoms with van der Waals surface area (Å²) in [7, 11) is -3.51. The van der Waals surface area contributed by atoms with Crippen molar-refractivity contribution in [2.24, 2.45) is 0 Å². The standard InChI is InChI=1S/C11H16Cl3N5O4S/c1-24(20,21)23-5-2-15-9-16-8(11(12,13)14)17-10(18-9)19-3-6-22-7-4-19/h2-7H2,1H3,(H,15,16,17,18). The number of aromatic nitrogens is 3. The predicted molar refractivity (Wildman–Crippen MR) is 91.4 cm³/mol. The van der Waals surface area contributed by atoms with Crippen LogP contribution < -0.4 is 10.2 Å². The van der Waals surface area contributed by atoms with Crippen LogP contribution in [0.5, 0.6) is 0 Å². The Morgan fingerprint density at radius 1 is 1.25 bits per heavy atom. The number of rotatable bonds is 6. The van der Waals surface area contributed by atoms with Crippen LogP contribution in [0.1, 0.15) is 5.82 Å². The minimum absolute atomic E-state index is 0.0319. The zero-order chi connectivity index (χ0) is 17.8. The van der Waals surface area contributed by atoms with E-state index in [4.69, 9.17) is 39.5 Å². The molecule has 2 rings (SSSR count). The van der Waals surface area contributed by atoms with E-state index in [9.17, 15) is 8.42 Å². The number of halogens is 3. The number of hydrogen-bond acceptors (Lipinski definition) is 9. The van der Waals surface area contributed by atoms with E-state index in [1.165, 1.54) is 0 Å². The smallest absolute Gasteiger partial charge is 0.264 e. The fourth-order valence-electron chi connectivity index (χ4n) is 1.83. The van der Waals surface area contributed by atoms with Crippen molar-refractivity contribution in [2.45, 2.75) is 3.79 Å². The summed E-state index contributed by atoms with van der Waals surface area (Å²) >= 11 is 17.6. The fourth-order valence-corrected chi connectivity index (χ4v) is 2.47. The molecule has 1 aromatic rings. The maximum Gasteiger partial charge on any atom is 0.264 e. The quantitative estimate of drug-likeness (QED) is 0.408. The molecule has 1 fully saturated rings. The molecule has 13 heteroatoms. The Hall–Kier alpha value is -0.650. The molecule has 0 spiro atoms. The predicted octanol–water partition coefficient (Wildman–Crippen LogP) is 0.923. The first kappa shape index (κ1) is 19.7. The van der Waals surface area contributed by atoms with E-state index in [1.54, 1.807) is 0 Å². The molecule has 1 saturated heterocycles. The van der Waals surface area contributed by atoms with Crippen molar-refractivity contribution in [3.05, 3.63) is 5.82 Å². The topological polar surface area (TPSA) is 107 Å². The Morgan fingerprint density at radius 3 is 2.50 bits per heavy atom. The highest BCUT2D eigenvalue weighted by atomic mass is 35.6. The zero-order valence-electron chi connectivity index (χ0n) is 12.7. The average Bonchev–Trinajstić information content (AvgIpc) is 2.50. The van der Waals surface area contributed by atoms with Gasteiger partial charge in [-0.1, -0.05) is 34.8 Å². The first-order valence-electron chi connectivity index (χ1n) is 6.89. The van der Waals surface area contributed by atoms with Crippen molar-refractivity contribution < 1.29 is 17.3 Å². The van der Waals surface area contributed by atoms with Crippen molar-refractivity contribution in [1.29, 1.82) is 0 Å². The Morgan fingerprint density at radius 2 is 1.92 bits per heavy atom. The first-order valence-corrected chi connectivity index (χ1v) is 9.84. The third-order valence-corrected chi connectivity index (χ3v) is 3.96. The Bertz CT molecular complexity index is 664. The van der Waals surface area contributed by atoms with Gasteiger partial charge in [0.2, 0.25) is 15.7 Å². The minimum Gasteiger partial charge on any atom is -0.378 e. The molecule has 0 atom stereocenters. The highest BCUT2D eigenvalue weighted by molar-refractivity contribution is 7.85. The molecular weight excluding hydrogens is 405 g/mol. The van der Waals surface area contributed by atoms with Gasteiger partial charge in [-0.25, -0.2) is 0 Å². The summed E-state index contributed by atoms with van der Waals surface area (Å²) in [4.78, 5) is 14.4. The lowest BCUT2D eigenvalue weighted by molar-refractivity contribution is 0.122. The largest absolute Gasteiger partial charge is 0.378 e. The molecule has 9 nitrogen and oxygen atoms in total. The third kappa shape index (κ3) is 6.34. The number of ether oxygens (including phenoxy) is 1. The van der Waals surface area contributed by atoms with Gasteiger partial charge in [0.15, 0.2) is 5.82 Å². The van der Waals surface area contributed by atoms with E-state index in [2.05, 4.69) is 24.5 Å². The van der Waals surface area contributed by atoms with Crippen LogP contribution in [-0.2, 0) is 22.8 Å². The van der Waals surface area contributed by atoms with Crippen LogP contribution in [0.4, 0.5) is 11.9 Å². The van der Waals surface area contributed by atoms with Gasteiger partial charge in [0.05, 0.1) is 26.1 Å². The molecule has 24 heavy (non-hydrogen) atoms. The second-order valence-corrected chi connectivity index (χ2v) is 8.76. The number of nitrogens with zero attached hydrogens (tertiary/aromatic N) is 4. The number of morpholine rings is 1. The minimum atomic E-state index is -3.51. The summed E-state index contributed by atoms with van der Waals surface area (Å²) in [6, 6.07) is 0. The molecule has 0 unspecified atom stereocenters. The molecule has 0 saturated carbocycles. The van der Waals surface area contributed by atoms with E-state index in [0.717, 1.165) is 6.26 Å². The molecule has 1 aliphatic heterocycles. The van der Waals surface area contributed by atoms with Crippen molar-refractivity contribution in [1.82, 2.24) is 15.0 Å². The number of alkyl halides is 3. The first-order chi connectivity index (χ1) is 11.1. The maximum atomic E-state index is 10.9. The molecule has 136 valence electrons.